The molecule has 180 valence electrons. The summed E-state index contributed by atoms with van der Waals surface area (Å²) in [5.41, 5.74) is 4.59. The molecule has 1 aromatic carbocycles. The normalized spacial score (nSPS) is 23.3. The third-order valence-electron chi connectivity index (χ3n) is 8.27. The standard InChI is InChI=1S/C28H33BrClN3O/c1-2-28(22-9-13-33(14-10-22)26(34)15-19-7-11-31-12-8-19)25-6-5-24(30)17-20(25)3-4-21-16-23(29)18-32-27(21)28/h3-6,16-19,22,31H,2,7-15H2,1H3. The number of carbonyl (C=O) groups is 1. The van der Waals surface area contributed by atoms with E-state index in [4.69, 9.17) is 16.6 Å². The Kier molecular flexibility index (Phi) is 7.15. The lowest BCUT2D eigenvalue weighted by atomic mass is 9.62. The van der Waals surface area contributed by atoms with Gasteiger partial charge in [-0.3, -0.25) is 9.78 Å². The largest absolute Gasteiger partial charge is 0.343 e. The summed E-state index contributed by atoms with van der Waals surface area (Å²) in [4.78, 5) is 20.2. The predicted octanol–water partition coefficient (Wildman–Crippen LogP) is 6.31. The van der Waals surface area contributed by atoms with Gasteiger partial charge in [-0.15, -0.1) is 0 Å². The number of rotatable bonds is 4. The Balaban J connectivity index is 1.44. The summed E-state index contributed by atoms with van der Waals surface area (Å²) in [5.74, 6) is 1.29. The lowest BCUT2D eigenvalue weighted by Gasteiger charge is -2.45. The fourth-order valence-electron chi connectivity index (χ4n) is 6.48. The summed E-state index contributed by atoms with van der Waals surface area (Å²) in [6.45, 7) is 6.03. The molecule has 2 aliphatic heterocycles. The first-order valence-electron chi connectivity index (χ1n) is 12.6. The van der Waals surface area contributed by atoms with Gasteiger partial charge in [0.2, 0.25) is 5.91 Å². The second kappa shape index (κ2) is 10.1. The van der Waals surface area contributed by atoms with Crippen LogP contribution in [0.3, 0.4) is 0 Å². The molecule has 2 aromatic rings. The SMILES string of the molecule is CCC1(C2CCN(C(=O)CC3CCNCC3)CC2)c2ccc(Cl)cc2C=Cc2cc(Br)cnc21. The van der Waals surface area contributed by atoms with Crippen molar-refractivity contribution < 1.29 is 4.79 Å². The molecular formula is C28H33BrClN3O. The van der Waals surface area contributed by atoms with Crippen LogP contribution in [0.1, 0.15) is 67.8 Å². The van der Waals surface area contributed by atoms with E-state index in [-0.39, 0.29) is 5.41 Å². The second-order valence-corrected chi connectivity index (χ2v) is 11.4. The number of nitrogens with zero attached hydrogens (tertiary/aromatic N) is 2. The van der Waals surface area contributed by atoms with Gasteiger partial charge in [-0.1, -0.05) is 36.7 Å². The van der Waals surface area contributed by atoms with Crippen LogP contribution in [0.15, 0.2) is 34.9 Å². The molecule has 3 aliphatic rings. The molecule has 1 amide bonds. The quantitative estimate of drug-likeness (QED) is 0.493. The van der Waals surface area contributed by atoms with E-state index in [1.54, 1.807) is 0 Å². The van der Waals surface area contributed by atoms with Crippen LogP contribution < -0.4 is 5.32 Å². The van der Waals surface area contributed by atoms with E-state index in [1.807, 2.05) is 12.3 Å². The number of likely N-dealkylation sites (tertiary alicyclic amines) is 1. The molecule has 1 atom stereocenters. The van der Waals surface area contributed by atoms with Gasteiger partial charge in [0.05, 0.1) is 5.69 Å². The van der Waals surface area contributed by atoms with Crippen molar-refractivity contribution in [1.82, 2.24) is 15.2 Å². The van der Waals surface area contributed by atoms with Gasteiger partial charge in [-0.05, 0) is 108 Å². The molecule has 0 bridgehead atoms. The zero-order chi connectivity index (χ0) is 23.7. The highest BCUT2D eigenvalue weighted by Crippen LogP contribution is 2.50. The van der Waals surface area contributed by atoms with E-state index in [1.165, 1.54) is 11.1 Å². The Morgan fingerprint density at radius 3 is 2.62 bits per heavy atom. The first-order valence-corrected chi connectivity index (χ1v) is 13.8. The monoisotopic (exact) mass is 541 g/mol. The van der Waals surface area contributed by atoms with Crippen LogP contribution in [0.4, 0.5) is 0 Å². The maximum atomic E-state index is 13.1. The van der Waals surface area contributed by atoms with Crippen LogP contribution in [0.2, 0.25) is 5.02 Å². The van der Waals surface area contributed by atoms with E-state index in [2.05, 4.69) is 63.4 Å². The number of hydrogen-bond donors (Lipinski definition) is 1. The predicted molar refractivity (Wildman–Crippen MR) is 143 cm³/mol. The van der Waals surface area contributed by atoms with Gasteiger partial charge in [-0.2, -0.15) is 0 Å². The molecular weight excluding hydrogens is 510 g/mol. The van der Waals surface area contributed by atoms with E-state index >= 15 is 0 Å². The van der Waals surface area contributed by atoms with Crippen LogP contribution >= 0.6 is 27.5 Å². The molecule has 1 N–H and O–H groups in total. The number of piperidine rings is 2. The smallest absolute Gasteiger partial charge is 0.222 e. The van der Waals surface area contributed by atoms with E-state index < -0.39 is 0 Å². The molecule has 34 heavy (non-hydrogen) atoms. The molecule has 2 saturated heterocycles. The van der Waals surface area contributed by atoms with Crippen molar-refractivity contribution in [3.63, 3.8) is 0 Å². The summed E-state index contributed by atoms with van der Waals surface area (Å²) < 4.78 is 0.989. The van der Waals surface area contributed by atoms with E-state index in [0.29, 0.717) is 24.2 Å². The van der Waals surface area contributed by atoms with Gasteiger partial charge in [-0.25, -0.2) is 0 Å². The highest BCUT2D eigenvalue weighted by molar-refractivity contribution is 9.10. The average molecular weight is 543 g/mol. The van der Waals surface area contributed by atoms with E-state index in [9.17, 15) is 4.79 Å². The van der Waals surface area contributed by atoms with Crippen LogP contribution in [-0.4, -0.2) is 42.0 Å². The van der Waals surface area contributed by atoms with Crippen molar-refractivity contribution in [3.8, 4) is 0 Å². The summed E-state index contributed by atoms with van der Waals surface area (Å²) in [6, 6.07) is 8.48. The lowest BCUT2D eigenvalue weighted by Crippen LogP contribution is -2.47. The average Bonchev–Trinajstić information content (AvgIpc) is 2.99. The highest BCUT2D eigenvalue weighted by atomic mass is 79.9. The van der Waals surface area contributed by atoms with Gasteiger partial charge in [0.15, 0.2) is 0 Å². The molecule has 3 heterocycles. The Hall–Kier alpha value is -1.69. The zero-order valence-corrected chi connectivity index (χ0v) is 22.2. The molecule has 5 rings (SSSR count). The first kappa shape index (κ1) is 24.0. The topological polar surface area (TPSA) is 45.2 Å². The molecule has 0 spiro atoms. The molecule has 1 aromatic heterocycles. The number of pyridine rings is 1. The van der Waals surface area contributed by atoms with Crippen molar-refractivity contribution >= 4 is 45.6 Å². The number of nitrogens with one attached hydrogen (secondary N) is 1. The van der Waals surface area contributed by atoms with Crippen LogP contribution in [0.25, 0.3) is 12.2 Å². The molecule has 1 unspecified atom stereocenters. The van der Waals surface area contributed by atoms with Crippen molar-refractivity contribution in [1.29, 1.82) is 0 Å². The Labute approximate surface area is 216 Å². The molecule has 2 fully saturated rings. The number of carbonyl (C=O) groups excluding carboxylic acids is 1. The minimum absolute atomic E-state index is 0.205. The van der Waals surface area contributed by atoms with Crippen LogP contribution in [0.5, 0.6) is 0 Å². The Bertz CT molecular complexity index is 1030. The number of aromatic nitrogens is 1. The van der Waals surface area contributed by atoms with Crippen LogP contribution in [-0.2, 0) is 10.2 Å². The summed E-state index contributed by atoms with van der Waals surface area (Å²) >= 11 is 10.0. The fourth-order valence-corrected chi connectivity index (χ4v) is 7.01. The van der Waals surface area contributed by atoms with Crippen molar-refractivity contribution in [2.24, 2.45) is 11.8 Å². The summed E-state index contributed by atoms with van der Waals surface area (Å²) in [6.07, 6.45) is 12.2. The zero-order valence-electron chi connectivity index (χ0n) is 19.8. The minimum atomic E-state index is -0.205. The maximum absolute atomic E-state index is 13.1. The molecule has 4 nitrogen and oxygen atoms in total. The number of benzene rings is 1. The van der Waals surface area contributed by atoms with Gasteiger partial charge >= 0.3 is 0 Å². The number of halogens is 2. The van der Waals surface area contributed by atoms with Gasteiger partial charge in [0.1, 0.15) is 0 Å². The Morgan fingerprint density at radius 1 is 1.15 bits per heavy atom. The van der Waals surface area contributed by atoms with Crippen LogP contribution in [0, 0.1) is 11.8 Å². The summed E-state index contributed by atoms with van der Waals surface area (Å²) in [7, 11) is 0. The fraction of sp³-hybridized carbons (Fsp3) is 0.500. The van der Waals surface area contributed by atoms with Gasteiger partial charge in [0.25, 0.3) is 0 Å². The van der Waals surface area contributed by atoms with Gasteiger partial charge in [0, 0.05) is 40.6 Å². The molecule has 6 heteroatoms. The van der Waals surface area contributed by atoms with Crippen molar-refractivity contribution in [2.45, 2.75) is 50.9 Å². The van der Waals surface area contributed by atoms with Crippen molar-refractivity contribution in [3.05, 3.63) is 62.3 Å². The molecule has 0 radical (unpaired) electrons. The van der Waals surface area contributed by atoms with E-state index in [0.717, 1.165) is 79.0 Å². The number of amides is 1. The van der Waals surface area contributed by atoms with Crippen molar-refractivity contribution in [2.75, 3.05) is 26.2 Å². The first-order chi connectivity index (χ1) is 16.5. The lowest BCUT2D eigenvalue weighted by molar-refractivity contribution is -0.134. The van der Waals surface area contributed by atoms with Gasteiger partial charge < -0.3 is 10.2 Å². The Morgan fingerprint density at radius 2 is 1.88 bits per heavy atom. The molecule has 1 aliphatic carbocycles. The number of hydrogen-bond acceptors (Lipinski definition) is 3. The minimum Gasteiger partial charge on any atom is -0.343 e. The summed E-state index contributed by atoms with van der Waals surface area (Å²) in [5, 5.41) is 4.16. The third kappa shape index (κ3) is 4.47. The molecule has 0 saturated carbocycles. The second-order valence-electron chi connectivity index (χ2n) is 10.0. The maximum Gasteiger partial charge on any atom is 0.222 e. The number of fused-ring (bicyclic) bond motifs is 2. The third-order valence-corrected chi connectivity index (χ3v) is 8.94. The highest BCUT2D eigenvalue weighted by Gasteiger charge is 2.46.